The van der Waals surface area contributed by atoms with E-state index < -0.39 is 0 Å². The molecule has 33 heavy (non-hydrogen) atoms. The number of hydrogen-bond donors (Lipinski definition) is 0. The van der Waals surface area contributed by atoms with Crippen molar-refractivity contribution >= 4 is 34.7 Å². The van der Waals surface area contributed by atoms with Crippen molar-refractivity contribution in [2.75, 3.05) is 25.0 Å². The third-order valence-electron chi connectivity index (χ3n) is 7.34. The molecule has 1 unspecified atom stereocenters. The van der Waals surface area contributed by atoms with E-state index in [2.05, 4.69) is 9.88 Å². The minimum atomic E-state index is -0.270. The van der Waals surface area contributed by atoms with E-state index in [0.29, 0.717) is 23.7 Å². The summed E-state index contributed by atoms with van der Waals surface area (Å²) in [6.45, 7) is 1.55. The van der Waals surface area contributed by atoms with Crippen LogP contribution in [-0.2, 0) is 11.3 Å². The first-order valence-corrected chi connectivity index (χ1v) is 12.8. The second kappa shape index (κ2) is 9.25. The van der Waals surface area contributed by atoms with E-state index in [9.17, 15) is 14.4 Å². The Kier molecular flexibility index (Phi) is 6.19. The molecule has 0 bridgehead atoms. The summed E-state index contributed by atoms with van der Waals surface area (Å²) in [5.74, 6) is -0.408. The number of rotatable bonds is 5. The summed E-state index contributed by atoms with van der Waals surface area (Å²) in [6.07, 6.45) is 9.28. The highest BCUT2D eigenvalue weighted by Crippen LogP contribution is 2.35. The Morgan fingerprint density at radius 2 is 1.94 bits per heavy atom. The lowest BCUT2D eigenvalue weighted by Gasteiger charge is -2.38. The lowest BCUT2D eigenvalue weighted by molar-refractivity contribution is -0.137. The normalized spacial score (nSPS) is 21.4. The van der Waals surface area contributed by atoms with Gasteiger partial charge in [0, 0.05) is 37.8 Å². The Labute approximate surface area is 198 Å². The summed E-state index contributed by atoms with van der Waals surface area (Å²) < 4.78 is 0. The zero-order valence-electron chi connectivity index (χ0n) is 19.0. The summed E-state index contributed by atoms with van der Waals surface area (Å²) in [5.41, 5.74) is 1.68. The Balaban J connectivity index is 1.35. The molecule has 0 radical (unpaired) electrons. The molecule has 3 amide bonds. The van der Waals surface area contributed by atoms with Crippen LogP contribution in [0, 0.1) is 5.92 Å². The maximum absolute atomic E-state index is 13.3. The average Bonchev–Trinajstić information content (AvgIpc) is 3.46. The fourth-order valence-corrected chi connectivity index (χ4v) is 6.13. The van der Waals surface area contributed by atoms with Crippen molar-refractivity contribution in [1.29, 1.82) is 0 Å². The van der Waals surface area contributed by atoms with Crippen LogP contribution in [0.2, 0.25) is 0 Å². The van der Waals surface area contributed by atoms with Gasteiger partial charge < -0.3 is 9.80 Å². The molecule has 8 heteroatoms. The van der Waals surface area contributed by atoms with Gasteiger partial charge in [0.2, 0.25) is 5.91 Å². The molecule has 0 N–H and O–H groups in total. The van der Waals surface area contributed by atoms with Gasteiger partial charge in [0.1, 0.15) is 5.01 Å². The third-order valence-corrected chi connectivity index (χ3v) is 8.10. The molecular weight excluding hydrogens is 436 g/mol. The van der Waals surface area contributed by atoms with Gasteiger partial charge in [-0.2, -0.15) is 0 Å². The highest BCUT2D eigenvalue weighted by molar-refractivity contribution is 7.09. The molecule has 0 spiro atoms. The smallest absolute Gasteiger partial charge is 0.264 e. The molecule has 2 aromatic rings. The number of aromatic nitrogens is 1. The predicted octanol–water partition coefficient (Wildman–Crippen LogP) is 3.95. The van der Waals surface area contributed by atoms with Gasteiger partial charge in [0.25, 0.3) is 11.8 Å². The Morgan fingerprint density at radius 1 is 1.12 bits per heavy atom. The molecule has 1 aromatic heterocycles. The first-order chi connectivity index (χ1) is 16.0. The number of amides is 3. The number of imide groups is 1. The largest absolute Gasteiger partial charge is 0.370 e. The average molecular weight is 467 g/mol. The zero-order chi connectivity index (χ0) is 22.9. The number of fused-ring (bicyclic) bond motifs is 1. The first kappa shape index (κ1) is 22.1. The van der Waals surface area contributed by atoms with Crippen LogP contribution in [0.4, 0.5) is 5.69 Å². The SMILES string of the molecule is CN(C(=O)C1CCCN(c2cccc3c2C(=O)N(Cc2nccs2)C3=O)C1)C1CCCCC1. The summed E-state index contributed by atoms with van der Waals surface area (Å²) in [5, 5.41) is 2.58. The van der Waals surface area contributed by atoms with Crippen molar-refractivity contribution < 1.29 is 14.4 Å². The van der Waals surface area contributed by atoms with Gasteiger partial charge in [-0.3, -0.25) is 19.3 Å². The maximum Gasteiger partial charge on any atom is 0.264 e. The van der Waals surface area contributed by atoms with Gasteiger partial charge in [0.05, 0.1) is 29.3 Å². The number of thiazole rings is 1. The van der Waals surface area contributed by atoms with Crippen molar-refractivity contribution in [1.82, 2.24) is 14.8 Å². The monoisotopic (exact) mass is 466 g/mol. The molecule has 1 atom stereocenters. The van der Waals surface area contributed by atoms with E-state index >= 15 is 0 Å². The van der Waals surface area contributed by atoms with Gasteiger partial charge in [0.15, 0.2) is 0 Å². The molecule has 1 saturated heterocycles. The molecule has 7 nitrogen and oxygen atoms in total. The fraction of sp³-hybridized carbons (Fsp3) is 0.520. The summed E-state index contributed by atoms with van der Waals surface area (Å²) >= 11 is 1.43. The van der Waals surface area contributed by atoms with Crippen LogP contribution < -0.4 is 4.90 Å². The van der Waals surface area contributed by atoms with Gasteiger partial charge >= 0.3 is 0 Å². The summed E-state index contributed by atoms with van der Waals surface area (Å²) in [7, 11) is 1.95. The standard InChI is InChI=1S/C25H30N4O3S/c1-27(18-8-3-2-4-9-18)23(30)17-7-6-13-28(15-17)20-11-5-10-19-22(20)25(32)29(24(19)31)16-21-26-12-14-33-21/h5,10-12,14,17-18H,2-4,6-9,13,15-16H2,1H3. The van der Waals surface area contributed by atoms with E-state index in [1.165, 1.54) is 35.5 Å². The Morgan fingerprint density at radius 3 is 2.70 bits per heavy atom. The van der Waals surface area contributed by atoms with Gasteiger partial charge in [-0.1, -0.05) is 25.3 Å². The molecular formula is C25H30N4O3S. The highest BCUT2D eigenvalue weighted by atomic mass is 32.1. The molecule has 174 valence electrons. The van der Waals surface area contributed by atoms with Gasteiger partial charge in [-0.05, 0) is 37.8 Å². The first-order valence-electron chi connectivity index (χ1n) is 11.9. The van der Waals surface area contributed by atoms with Crippen LogP contribution in [0.25, 0.3) is 0 Å². The number of carbonyl (C=O) groups excluding carboxylic acids is 3. The minimum absolute atomic E-state index is 0.0832. The molecule has 1 aromatic carbocycles. The molecule has 1 saturated carbocycles. The minimum Gasteiger partial charge on any atom is -0.370 e. The molecule has 1 aliphatic carbocycles. The van der Waals surface area contributed by atoms with Crippen molar-refractivity contribution in [3.8, 4) is 0 Å². The molecule has 2 fully saturated rings. The molecule has 3 heterocycles. The van der Waals surface area contributed by atoms with Crippen LogP contribution in [-0.4, -0.2) is 58.7 Å². The van der Waals surface area contributed by atoms with E-state index in [1.54, 1.807) is 12.3 Å². The highest BCUT2D eigenvalue weighted by Gasteiger charge is 2.40. The Bertz CT molecular complexity index is 1050. The topological polar surface area (TPSA) is 73.8 Å². The van der Waals surface area contributed by atoms with Gasteiger partial charge in [-0.15, -0.1) is 11.3 Å². The predicted molar refractivity (Wildman–Crippen MR) is 127 cm³/mol. The van der Waals surface area contributed by atoms with Crippen molar-refractivity contribution in [3.05, 3.63) is 45.9 Å². The fourth-order valence-electron chi connectivity index (χ4n) is 5.52. The second-order valence-electron chi connectivity index (χ2n) is 9.35. The van der Waals surface area contributed by atoms with Crippen molar-refractivity contribution in [2.45, 2.75) is 57.5 Å². The summed E-state index contributed by atoms with van der Waals surface area (Å²) in [4.78, 5) is 49.3. The van der Waals surface area contributed by atoms with Gasteiger partial charge in [-0.25, -0.2) is 4.98 Å². The zero-order valence-corrected chi connectivity index (χ0v) is 19.9. The number of nitrogens with zero attached hydrogens (tertiary/aromatic N) is 4. The molecule has 3 aliphatic rings. The van der Waals surface area contributed by atoms with E-state index in [4.69, 9.17) is 0 Å². The number of hydrogen-bond acceptors (Lipinski definition) is 6. The number of anilines is 1. The van der Waals surface area contributed by atoms with Crippen LogP contribution in [0.3, 0.4) is 0 Å². The Hall–Kier alpha value is -2.74. The third kappa shape index (κ3) is 4.16. The summed E-state index contributed by atoms with van der Waals surface area (Å²) in [6, 6.07) is 5.83. The van der Waals surface area contributed by atoms with Crippen molar-refractivity contribution in [2.24, 2.45) is 5.92 Å². The number of carbonyl (C=O) groups is 3. The number of benzene rings is 1. The quantitative estimate of drug-likeness (QED) is 0.624. The van der Waals surface area contributed by atoms with Crippen LogP contribution in [0.5, 0.6) is 0 Å². The van der Waals surface area contributed by atoms with E-state index in [1.807, 2.05) is 29.5 Å². The van der Waals surface area contributed by atoms with Crippen molar-refractivity contribution in [3.63, 3.8) is 0 Å². The lowest BCUT2D eigenvalue weighted by atomic mass is 9.91. The second-order valence-corrected chi connectivity index (χ2v) is 10.3. The van der Waals surface area contributed by atoms with E-state index in [0.717, 1.165) is 42.9 Å². The lowest BCUT2D eigenvalue weighted by Crippen LogP contribution is -2.47. The van der Waals surface area contributed by atoms with Crippen LogP contribution >= 0.6 is 11.3 Å². The maximum atomic E-state index is 13.3. The van der Waals surface area contributed by atoms with Crippen LogP contribution in [0.15, 0.2) is 29.8 Å². The molecule has 5 rings (SSSR count). The number of piperidine rings is 1. The van der Waals surface area contributed by atoms with E-state index in [-0.39, 0.29) is 30.2 Å². The van der Waals surface area contributed by atoms with Crippen LogP contribution in [0.1, 0.15) is 70.7 Å². The molecule has 2 aliphatic heterocycles.